The molecule has 0 rings (SSSR count). The van der Waals surface area contributed by atoms with E-state index in [9.17, 15) is 0 Å². The molecule has 0 amide bonds. The Morgan fingerprint density at radius 3 is 1.82 bits per heavy atom. The van der Waals surface area contributed by atoms with Crippen LogP contribution in [0.4, 0.5) is 0 Å². The van der Waals surface area contributed by atoms with E-state index in [2.05, 4.69) is 9.98 Å². The molecule has 11 heavy (non-hydrogen) atoms. The van der Waals surface area contributed by atoms with Crippen molar-refractivity contribution in [3.8, 4) is 0 Å². The lowest BCUT2D eigenvalue weighted by atomic mass is 10.7. The molecular weight excluding hydrogens is 140 g/mol. The van der Waals surface area contributed by atoms with E-state index in [-0.39, 0.29) is 0 Å². The highest BCUT2D eigenvalue weighted by Crippen LogP contribution is 1.71. The third-order valence-corrected chi connectivity index (χ3v) is 1.01. The zero-order valence-electron chi connectivity index (χ0n) is 7.29. The molecule has 3 heteroatoms. The Bertz CT molecular complexity index is 107. The lowest BCUT2D eigenvalue weighted by molar-refractivity contribution is 0.220. The predicted octanol–water partition coefficient (Wildman–Crippen LogP) is 1.18. The molecule has 0 aliphatic rings. The molecule has 0 saturated heterocycles. The summed E-state index contributed by atoms with van der Waals surface area (Å²) in [6.45, 7) is 6.82. The van der Waals surface area contributed by atoms with E-state index in [0.29, 0.717) is 13.2 Å². The Balaban J connectivity index is 3.02. The van der Waals surface area contributed by atoms with Gasteiger partial charge in [0.25, 0.3) is 0 Å². The van der Waals surface area contributed by atoms with Crippen LogP contribution in [0.2, 0.25) is 0 Å². The summed E-state index contributed by atoms with van der Waals surface area (Å²) in [5.41, 5.74) is 0. The predicted molar refractivity (Wildman–Crippen MR) is 48.9 cm³/mol. The van der Waals surface area contributed by atoms with Crippen LogP contribution in [0.25, 0.3) is 0 Å². The van der Waals surface area contributed by atoms with Crippen LogP contribution in [-0.4, -0.2) is 38.7 Å². The molecular formula is C8H16N2O. The summed E-state index contributed by atoms with van der Waals surface area (Å²) < 4.78 is 5.14. The van der Waals surface area contributed by atoms with Crippen molar-refractivity contribution in [3.05, 3.63) is 0 Å². The zero-order valence-corrected chi connectivity index (χ0v) is 7.29. The molecule has 0 aromatic heterocycles. The molecule has 0 bridgehead atoms. The number of rotatable bonds is 6. The normalized spacial score (nSPS) is 11.8. The highest BCUT2D eigenvalue weighted by atomic mass is 16.5. The molecule has 0 atom stereocenters. The van der Waals surface area contributed by atoms with Crippen molar-refractivity contribution >= 4 is 12.4 Å². The Kier molecular flexibility index (Phi) is 8.71. The van der Waals surface area contributed by atoms with Crippen molar-refractivity contribution in [1.29, 1.82) is 0 Å². The van der Waals surface area contributed by atoms with Crippen molar-refractivity contribution in [2.75, 3.05) is 26.3 Å². The highest BCUT2D eigenvalue weighted by molar-refractivity contribution is 5.61. The summed E-state index contributed by atoms with van der Waals surface area (Å²) in [6, 6.07) is 0. The number of nitrogens with zero attached hydrogens (tertiary/aromatic N) is 2. The topological polar surface area (TPSA) is 34.0 Å². The molecule has 0 aromatic rings. The van der Waals surface area contributed by atoms with Crippen LogP contribution in [0.3, 0.4) is 0 Å². The van der Waals surface area contributed by atoms with Gasteiger partial charge in [-0.1, -0.05) is 0 Å². The van der Waals surface area contributed by atoms with E-state index in [1.807, 2.05) is 13.8 Å². The van der Waals surface area contributed by atoms with Gasteiger partial charge < -0.3 is 4.74 Å². The van der Waals surface area contributed by atoms with Crippen molar-refractivity contribution in [2.24, 2.45) is 9.98 Å². The van der Waals surface area contributed by atoms with E-state index in [1.54, 1.807) is 12.4 Å². The second kappa shape index (κ2) is 9.30. The molecule has 0 N–H and O–H groups in total. The molecule has 3 nitrogen and oxygen atoms in total. The molecule has 0 aromatic carbocycles. The molecule has 0 heterocycles. The van der Waals surface area contributed by atoms with Gasteiger partial charge >= 0.3 is 0 Å². The maximum absolute atomic E-state index is 5.14. The SMILES string of the molecule is CCN=CCOCC=NCC. The second-order valence-electron chi connectivity index (χ2n) is 1.90. The fraction of sp³-hybridized carbons (Fsp3) is 0.750. The lowest BCUT2D eigenvalue weighted by Gasteiger charge is -1.92. The Morgan fingerprint density at radius 2 is 1.45 bits per heavy atom. The van der Waals surface area contributed by atoms with E-state index in [1.165, 1.54) is 0 Å². The quantitative estimate of drug-likeness (QED) is 0.420. The van der Waals surface area contributed by atoms with Crippen molar-refractivity contribution in [3.63, 3.8) is 0 Å². The van der Waals surface area contributed by atoms with Gasteiger partial charge in [0.05, 0.1) is 13.2 Å². The summed E-state index contributed by atoms with van der Waals surface area (Å²) in [5, 5.41) is 0. The standard InChI is InChI=1S/C8H16N2O/c1-3-9-5-7-11-8-6-10-4-2/h5-6H,3-4,7-8H2,1-2H3. The van der Waals surface area contributed by atoms with E-state index in [4.69, 9.17) is 4.74 Å². The van der Waals surface area contributed by atoms with Crippen LogP contribution in [0.1, 0.15) is 13.8 Å². The molecule has 0 spiro atoms. The van der Waals surface area contributed by atoms with Gasteiger partial charge in [-0.2, -0.15) is 0 Å². The first kappa shape index (κ1) is 10.3. The first-order valence-electron chi connectivity index (χ1n) is 3.96. The molecule has 0 unspecified atom stereocenters. The summed E-state index contributed by atoms with van der Waals surface area (Å²) in [4.78, 5) is 7.99. The summed E-state index contributed by atoms with van der Waals surface area (Å²) in [7, 11) is 0. The monoisotopic (exact) mass is 156 g/mol. The third kappa shape index (κ3) is 9.30. The van der Waals surface area contributed by atoms with E-state index in [0.717, 1.165) is 13.1 Å². The minimum Gasteiger partial charge on any atom is -0.370 e. The van der Waals surface area contributed by atoms with Gasteiger partial charge in [-0.15, -0.1) is 0 Å². The van der Waals surface area contributed by atoms with Crippen LogP contribution >= 0.6 is 0 Å². The fourth-order valence-electron chi connectivity index (χ4n) is 0.537. The molecule has 0 aliphatic carbocycles. The van der Waals surface area contributed by atoms with Gasteiger partial charge in [0.15, 0.2) is 0 Å². The number of hydrogen-bond donors (Lipinski definition) is 0. The molecule has 64 valence electrons. The van der Waals surface area contributed by atoms with Gasteiger partial charge in [0, 0.05) is 25.5 Å². The average molecular weight is 156 g/mol. The number of ether oxygens (including phenoxy) is 1. The van der Waals surface area contributed by atoms with Gasteiger partial charge in [-0.3, -0.25) is 9.98 Å². The van der Waals surface area contributed by atoms with E-state index < -0.39 is 0 Å². The van der Waals surface area contributed by atoms with Gasteiger partial charge in [-0.25, -0.2) is 0 Å². The summed E-state index contributed by atoms with van der Waals surface area (Å²) in [5.74, 6) is 0. The summed E-state index contributed by atoms with van der Waals surface area (Å²) in [6.07, 6.45) is 3.56. The minimum atomic E-state index is 0.587. The third-order valence-electron chi connectivity index (χ3n) is 1.01. The maximum Gasteiger partial charge on any atom is 0.0819 e. The Morgan fingerprint density at radius 1 is 1.00 bits per heavy atom. The molecule has 0 radical (unpaired) electrons. The molecule has 0 fully saturated rings. The van der Waals surface area contributed by atoms with E-state index >= 15 is 0 Å². The van der Waals surface area contributed by atoms with Gasteiger partial charge in [0.1, 0.15) is 0 Å². The maximum atomic E-state index is 5.14. The fourth-order valence-corrected chi connectivity index (χ4v) is 0.537. The highest BCUT2D eigenvalue weighted by Gasteiger charge is 1.77. The second-order valence-corrected chi connectivity index (χ2v) is 1.90. The van der Waals surface area contributed by atoms with Crippen LogP contribution < -0.4 is 0 Å². The minimum absolute atomic E-state index is 0.587. The van der Waals surface area contributed by atoms with Crippen LogP contribution in [0.5, 0.6) is 0 Å². The largest absolute Gasteiger partial charge is 0.370 e. The van der Waals surface area contributed by atoms with Gasteiger partial charge in [0.2, 0.25) is 0 Å². The smallest absolute Gasteiger partial charge is 0.0819 e. The first-order valence-corrected chi connectivity index (χ1v) is 3.96. The van der Waals surface area contributed by atoms with Crippen molar-refractivity contribution in [2.45, 2.75) is 13.8 Å². The Hall–Kier alpha value is -0.700. The zero-order chi connectivity index (χ0) is 8.36. The summed E-state index contributed by atoms with van der Waals surface area (Å²) >= 11 is 0. The lowest BCUT2D eigenvalue weighted by Crippen LogP contribution is -1.99. The number of aliphatic imine (C=N–C) groups is 2. The van der Waals surface area contributed by atoms with Crippen molar-refractivity contribution in [1.82, 2.24) is 0 Å². The number of hydrogen-bond acceptors (Lipinski definition) is 3. The van der Waals surface area contributed by atoms with Crippen molar-refractivity contribution < 1.29 is 4.74 Å². The Labute approximate surface area is 68.2 Å². The van der Waals surface area contributed by atoms with Gasteiger partial charge in [-0.05, 0) is 13.8 Å². The van der Waals surface area contributed by atoms with Crippen LogP contribution in [0.15, 0.2) is 9.98 Å². The first-order chi connectivity index (χ1) is 5.41. The van der Waals surface area contributed by atoms with Crippen LogP contribution in [-0.2, 0) is 4.74 Å². The van der Waals surface area contributed by atoms with Crippen LogP contribution in [0, 0.1) is 0 Å². The molecule has 0 saturated carbocycles. The average Bonchev–Trinajstić information content (AvgIpc) is 2.03. The molecule has 0 aliphatic heterocycles.